The lowest BCUT2D eigenvalue weighted by Crippen LogP contribution is -2.03. The summed E-state index contributed by atoms with van der Waals surface area (Å²) in [5.41, 5.74) is 1.77. The molecule has 0 atom stereocenters. The third-order valence-electron chi connectivity index (χ3n) is 4.06. The van der Waals surface area contributed by atoms with E-state index in [1.54, 1.807) is 19.1 Å². The first kappa shape index (κ1) is 18.2. The first-order chi connectivity index (χ1) is 12.2. The molecule has 0 radical (unpaired) electrons. The molecule has 5 nitrogen and oxygen atoms in total. The molecule has 7 heteroatoms. The second kappa shape index (κ2) is 6.63. The van der Waals surface area contributed by atoms with Gasteiger partial charge in [0.1, 0.15) is 10.8 Å². The molecule has 3 aromatic rings. The van der Waals surface area contributed by atoms with Crippen molar-refractivity contribution in [3.63, 3.8) is 0 Å². The van der Waals surface area contributed by atoms with Crippen LogP contribution in [-0.2, 0) is 9.84 Å². The second-order valence-corrected chi connectivity index (χ2v) is 8.34. The van der Waals surface area contributed by atoms with Crippen LogP contribution in [0.1, 0.15) is 27.0 Å². The number of carbonyl (C=O) groups excluding carboxylic acids is 1. The molecule has 1 heterocycles. The minimum atomic E-state index is -3.77. The number of phenolic OH excluding ortho intramolecular Hbond substituents is 1. The first-order valence-corrected chi connectivity index (χ1v) is 9.60. The SMILES string of the molecule is Cc1ccc(S(=O)(=O)c2cc(C(=O)c3cc(C)c(Cl)cc3O)c[nH]2)cc1. The standard InChI is InChI=1S/C19H16ClNO4S/c1-11-3-5-14(6-4-11)26(24,25)18-8-13(10-21-18)19(23)15-7-12(2)16(20)9-17(15)22/h3-10,21-22H,1-2H3. The van der Waals surface area contributed by atoms with Crippen molar-refractivity contribution in [2.45, 2.75) is 23.8 Å². The van der Waals surface area contributed by atoms with Gasteiger partial charge in [-0.2, -0.15) is 0 Å². The number of carbonyl (C=O) groups is 1. The molecule has 0 spiro atoms. The van der Waals surface area contributed by atoms with Crippen LogP contribution >= 0.6 is 11.6 Å². The van der Waals surface area contributed by atoms with Crippen molar-refractivity contribution in [2.75, 3.05) is 0 Å². The van der Waals surface area contributed by atoms with Crippen molar-refractivity contribution in [1.82, 2.24) is 4.98 Å². The molecule has 0 aliphatic carbocycles. The summed E-state index contributed by atoms with van der Waals surface area (Å²) in [6.45, 7) is 3.57. The molecule has 3 rings (SSSR count). The van der Waals surface area contributed by atoms with Crippen molar-refractivity contribution >= 4 is 27.2 Å². The molecule has 0 saturated heterocycles. The van der Waals surface area contributed by atoms with Gasteiger partial charge in [-0.3, -0.25) is 4.79 Å². The number of phenols is 1. The average Bonchev–Trinajstić information content (AvgIpc) is 3.09. The van der Waals surface area contributed by atoms with Crippen molar-refractivity contribution in [3.8, 4) is 5.75 Å². The summed E-state index contributed by atoms with van der Waals surface area (Å²) >= 11 is 5.92. The Balaban J connectivity index is 1.99. The number of H-pyrrole nitrogens is 1. The van der Waals surface area contributed by atoms with E-state index in [9.17, 15) is 18.3 Å². The number of aromatic amines is 1. The third kappa shape index (κ3) is 3.25. The Kier molecular flexibility index (Phi) is 4.64. The Bertz CT molecular complexity index is 1100. The molecule has 0 bridgehead atoms. The van der Waals surface area contributed by atoms with Gasteiger partial charge in [-0.05, 0) is 49.7 Å². The van der Waals surface area contributed by atoms with Crippen molar-refractivity contribution < 1.29 is 18.3 Å². The van der Waals surface area contributed by atoms with E-state index in [1.165, 1.54) is 36.5 Å². The molecule has 0 amide bonds. The summed E-state index contributed by atoms with van der Waals surface area (Å²) in [5, 5.41) is 10.2. The number of aromatic hydroxyl groups is 1. The number of nitrogens with one attached hydrogen (secondary N) is 1. The second-order valence-electron chi connectivity index (χ2n) is 6.02. The van der Waals surface area contributed by atoms with E-state index >= 15 is 0 Å². The summed E-state index contributed by atoms with van der Waals surface area (Å²) in [5.74, 6) is -0.751. The minimum absolute atomic E-state index is 0.0604. The van der Waals surface area contributed by atoms with Gasteiger partial charge in [-0.15, -0.1) is 0 Å². The van der Waals surface area contributed by atoms with Crippen molar-refractivity contribution in [3.05, 3.63) is 75.9 Å². The number of hydrogen-bond donors (Lipinski definition) is 2. The topological polar surface area (TPSA) is 87.2 Å². The zero-order valence-corrected chi connectivity index (χ0v) is 15.6. The van der Waals surface area contributed by atoms with Gasteiger partial charge >= 0.3 is 0 Å². The lowest BCUT2D eigenvalue weighted by molar-refractivity contribution is 0.103. The van der Waals surface area contributed by atoms with Crippen molar-refractivity contribution in [2.24, 2.45) is 0 Å². The largest absolute Gasteiger partial charge is 0.507 e. The number of rotatable bonds is 4. The summed E-state index contributed by atoms with van der Waals surface area (Å²) in [6.07, 6.45) is 1.31. The minimum Gasteiger partial charge on any atom is -0.507 e. The molecule has 2 N–H and O–H groups in total. The maximum absolute atomic E-state index is 12.7. The summed E-state index contributed by atoms with van der Waals surface area (Å²) < 4.78 is 25.3. The van der Waals surface area contributed by atoms with E-state index in [1.807, 2.05) is 6.92 Å². The Morgan fingerprint density at radius 2 is 1.73 bits per heavy atom. The highest BCUT2D eigenvalue weighted by Gasteiger charge is 2.23. The maximum atomic E-state index is 12.7. The molecule has 1 aromatic heterocycles. The normalized spacial score (nSPS) is 11.5. The number of benzene rings is 2. The molecular weight excluding hydrogens is 374 g/mol. The molecule has 0 saturated carbocycles. The lowest BCUT2D eigenvalue weighted by Gasteiger charge is -2.05. The summed E-state index contributed by atoms with van der Waals surface area (Å²) in [6, 6.07) is 10.5. The molecule has 26 heavy (non-hydrogen) atoms. The molecule has 134 valence electrons. The number of ketones is 1. The smallest absolute Gasteiger partial charge is 0.221 e. The van der Waals surface area contributed by atoms with E-state index in [0.717, 1.165) is 5.56 Å². The monoisotopic (exact) mass is 389 g/mol. The van der Waals surface area contributed by atoms with Crippen LogP contribution in [0.15, 0.2) is 58.6 Å². The van der Waals surface area contributed by atoms with Gasteiger partial charge in [-0.25, -0.2) is 8.42 Å². The van der Waals surface area contributed by atoms with Crippen LogP contribution in [-0.4, -0.2) is 24.3 Å². The maximum Gasteiger partial charge on any atom is 0.221 e. The van der Waals surface area contributed by atoms with Gasteiger partial charge in [0, 0.05) is 16.8 Å². The van der Waals surface area contributed by atoms with Gasteiger partial charge in [0.05, 0.1) is 10.5 Å². The summed E-state index contributed by atoms with van der Waals surface area (Å²) in [7, 11) is -3.77. The van der Waals surface area contributed by atoms with Gasteiger partial charge < -0.3 is 10.1 Å². The Labute approximate surface area is 156 Å². The Morgan fingerprint density at radius 1 is 1.08 bits per heavy atom. The quantitative estimate of drug-likeness (QED) is 0.659. The van der Waals surface area contributed by atoms with Gasteiger partial charge in [0.25, 0.3) is 0 Å². The molecule has 0 unspecified atom stereocenters. The fraction of sp³-hybridized carbons (Fsp3) is 0.105. The molecule has 0 fully saturated rings. The molecular formula is C19H16ClNO4S. The summed E-state index contributed by atoms with van der Waals surface area (Å²) in [4.78, 5) is 15.4. The van der Waals surface area contributed by atoms with Crippen LogP contribution in [0.5, 0.6) is 5.75 Å². The van der Waals surface area contributed by atoms with E-state index in [2.05, 4.69) is 4.98 Å². The fourth-order valence-electron chi connectivity index (χ4n) is 2.51. The fourth-order valence-corrected chi connectivity index (χ4v) is 3.91. The zero-order valence-electron chi connectivity index (χ0n) is 14.1. The van der Waals surface area contributed by atoms with E-state index in [-0.39, 0.29) is 26.8 Å². The Hall–Kier alpha value is -2.57. The van der Waals surface area contributed by atoms with Crippen molar-refractivity contribution in [1.29, 1.82) is 0 Å². The van der Waals surface area contributed by atoms with Crippen LogP contribution in [0.4, 0.5) is 0 Å². The number of aryl methyl sites for hydroxylation is 2. The van der Waals surface area contributed by atoms with Crippen LogP contribution in [0, 0.1) is 13.8 Å². The lowest BCUT2D eigenvalue weighted by atomic mass is 10.0. The molecule has 2 aromatic carbocycles. The van der Waals surface area contributed by atoms with Crippen LogP contribution in [0.25, 0.3) is 0 Å². The van der Waals surface area contributed by atoms with E-state index < -0.39 is 15.6 Å². The van der Waals surface area contributed by atoms with E-state index in [4.69, 9.17) is 11.6 Å². The molecule has 0 aliphatic heterocycles. The highest BCUT2D eigenvalue weighted by Crippen LogP contribution is 2.29. The van der Waals surface area contributed by atoms with Gasteiger partial charge in [0.2, 0.25) is 9.84 Å². The van der Waals surface area contributed by atoms with Gasteiger partial charge in [0.15, 0.2) is 5.78 Å². The third-order valence-corrected chi connectivity index (χ3v) is 6.18. The first-order valence-electron chi connectivity index (χ1n) is 7.74. The van der Waals surface area contributed by atoms with Crippen LogP contribution < -0.4 is 0 Å². The number of hydrogen-bond acceptors (Lipinski definition) is 4. The Morgan fingerprint density at radius 3 is 2.38 bits per heavy atom. The number of sulfone groups is 1. The number of aromatic nitrogens is 1. The van der Waals surface area contributed by atoms with E-state index in [0.29, 0.717) is 10.6 Å². The predicted molar refractivity (Wildman–Crippen MR) is 98.7 cm³/mol. The average molecular weight is 390 g/mol. The highest BCUT2D eigenvalue weighted by atomic mass is 35.5. The highest BCUT2D eigenvalue weighted by molar-refractivity contribution is 7.91. The molecule has 0 aliphatic rings. The van der Waals surface area contributed by atoms with Crippen LogP contribution in [0.2, 0.25) is 5.02 Å². The predicted octanol–water partition coefficient (Wildman–Crippen LogP) is 4.05. The number of halogens is 1. The van der Waals surface area contributed by atoms with Gasteiger partial charge in [-0.1, -0.05) is 29.3 Å². The van der Waals surface area contributed by atoms with Crippen LogP contribution in [0.3, 0.4) is 0 Å². The zero-order chi connectivity index (χ0) is 19.1.